The van der Waals surface area contributed by atoms with E-state index in [1.165, 1.54) is 6.33 Å². The summed E-state index contributed by atoms with van der Waals surface area (Å²) in [5.74, 6) is -0.453. The number of likely N-dealkylation sites (N-methyl/N-ethyl adjacent to an activating group) is 1. The van der Waals surface area contributed by atoms with Gasteiger partial charge in [-0.3, -0.25) is 14.5 Å². The first-order valence-corrected chi connectivity index (χ1v) is 10.2. The van der Waals surface area contributed by atoms with Gasteiger partial charge in [-0.2, -0.15) is 5.10 Å². The molecule has 1 amide bonds. The number of nitrogens with zero attached hydrogens (tertiary/aromatic N) is 4. The van der Waals surface area contributed by atoms with Gasteiger partial charge in [-0.05, 0) is 30.4 Å². The largest absolute Gasteiger partial charge is 0.324 e. The van der Waals surface area contributed by atoms with Crippen LogP contribution in [0.25, 0.3) is 0 Å². The molecule has 0 unspecified atom stereocenters. The van der Waals surface area contributed by atoms with Crippen molar-refractivity contribution >= 4 is 28.5 Å². The molecule has 1 saturated heterocycles. The van der Waals surface area contributed by atoms with E-state index in [1.54, 1.807) is 4.68 Å². The van der Waals surface area contributed by atoms with Gasteiger partial charge in [0.15, 0.2) is 16.2 Å². The van der Waals surface area contributed by atoms with Crippen molar-refractivity contribution < 1.29 is 9.59 Å². The van der Waals surface area contributed by atoms with Gasteiger partial charge in [0.05, 0.1) is 0 Å². The van der Waals surface area contributed by atoms with Gasteiger partial charge in [0.25, 0.3) is 5.91 Å². The smallest absolute Gasteiger partial charge is 0.252 e. The lowest BCUT2D eigenvalue weighted by molar-refractivity contribution is -0.138. The Labute approximate surface area is 171 Å². The number of likely N-dealkylation sites (tertiary alicyclic amines) is 1. The normalized spacial score (nSPS) is 30.2. The van der Waals surface area contributed by atoms with E-state index in [0.29, 0.717) is 11.7 Å². The summed E-state index contributed by atoms with van der Waals surface area (Å²) in [5.41, 5.74) is 0.126. The van der Waals surface area contributed by atoms with E-state index in [2.05, 4.69) is 15.4 Å². The van der Waals surface area contributed by atoms with Gasteiger partial charge >= 0.3 is 0 Å². The number of fused-ring (bicyclic) bond motifs is 5. The summed E-state index contributed by atoms with van der Waals surface area (Å²) in [6, 6.07) is 17.5. The third-order valence-corrected chi connectivity index (χ3v) is 7.48. The zero-order valence-corrected chi connectivity index (χ0v) is 16.4. The lowest BCUT2D eigenvalue weighted by Gasteiger charge is -2.42. The number of hydrogen-bond donors (Lipinski definition) is 1. The van der Waals surface area contributed by atoms with Gasteiger partial charge in [0, 0.05) is 23.7 Å². The molecule has 1 aromatic heterocycles. The third kappa shape index (κ3) is 1.75. The third-order valence-electron chi connectivity index (χ3n) is 6.53. The molecule has 2 aromatic carbocycles. The van der Waals surface area contributed by atoms with E-state index in [0.717, 1.165) is 28.6 Å². The molecular weight excluding hydrogens is 386 g/mol. The maximum atomic E-state index is 13.8. The highest BCUT2D eigenvalue weighted by molar-refractivity contribution is 8.14. The van der Waals surface area contributed by atoms with Gasteiger partial charge < -0.3 is 5.32 Å². The van der Waals surface area contributed by atoms with Crippen LogP contribution in [-0.2, 0) is 20.7 Å². The number of hydrogen-bond acceptors (Lipinski definition) is 6. The van der Waals surface area contributed by atoms with Crippen LogP contribution in [0.4, 0.5) is 5.69 Å². The van der Waals surface area contributed by atoms with E-state index in [1.807, 2.05) is 66.5 Å². The lowest BCUT2D eigenvalue weighted by atomic mass is 9.68. The van der Waals surface area contributed by atoms with Gasteiger partial charge in [-0.15, -0.1) is 0 Å². The van der Waals surface area contributed by atoms with E-state index in [-0.39, 0.29) is 16.9 Å². The van der Waals surface area contributed by atoms with Crippen LogP contribution in [0.1, 0.15) is 17.0 Å². The number of para-hydroxylation sites is 1. The first-order chi connectivity index (χ1) is 14.1. The zero-order valence-electron chi connectivity index (χ0n) is 15.6. The molecule has 29 heavy (non-hydrogen) atoms. The quantitative estimate of drug-likeness (QED) is 0.671. The molecule has 3 atom stereocenters. The first-order valence-electron chi connectivity index (χ1n) is 9.41. The number of nitrogens with one attached hydrogen (secondary N) is 1. The van der Waals surface area contributed by atoms with Crippen molar-refractivity contribution in [1.29, 1.82) is 0 Å². The number of benzene rings is 2. The number of carbonyl (C=O) groups is 2. The first kappa shape index (κ1) is 16.9. The summed E-state index contributed by atoms with van der Waals surface area (Å²) in [6.45, 7) is 0.539. The fourth-order valence-corrected chi connectivity index (χ4v) is 6.57. The topological polar surface area (TPSA) is 80.1 Å². The summed E-state index contributed by atoms with van der Waals surface area (Å²) < 4.78 is 1.70. The van der Waals surface area contributed by atoms with Crippen molar-refractivity contribution in [1.82, 2.24) is 19.7 Å². The minimum absolute atomic E-state index is 0.0989. The second-order valence-electron chi connectivity index (χ2n) is 7.66. The van der Waals surface area contributed by atoms with Gasteiger partial charge in [0.1, 0.15) is 6.33 Å². The van der Waals surface area contributed by atoms with Crippen molar-refractivity contribution in [3.63, 3.8) is 0 Å². The van der Waals surface area contributed by atoms with E-state index in [4.69, 9.17) is 0 Å². The van der Waals surface area contributed by atoms with Gasteiger partial charge in [0.2, 0.25) is 5.12 Å². The van der Waals surface area contributed by atoms with Crippen LogP contribution in [0.15, 0.2) is 66.1 Å². The Bertz CT molecular complexity index is 1180. The molecule has 7 nitrogen and oxygen atoms in total. The maximum Gasteiger partial charge on any atom is 0.252 e. The SMILES string of the molecule is CN1C[C@@H](c2ccccc2)[C@]2(C(=O)Sc3ncnn32)[C@]12C(=O)Nc1ccccc12. The summed E-state index contributed by atoms with van der Waals surface area (Å²) in [4.78, 5) is 33.8. The minimum Gasteiger partial charge on any atom is -0.324 e. The van der Waals surface area contributed by atoms with Crippen LogP contribution >= 0.6 is 11.8 Å². The molecule has 144 valence electrons. The van der Waals surface area contributed by atoms with Crippen molar-refractivity contribution in [2.75, 3.05) is 18.9 Å². The molecule has 8 heteroatoms. The van der Waals surface area contributed by atoms with Gasteiger partial charge in [-0.1, -0.05) is 48.5 Å². The number of thioether (sulfide) groups is 1. The van der Waals surface area contributed by atoms with E-state index < -0.39 is 11.1 Å². The zero-order chi connectivity index (χ0) is 19.8. The Hall–Kier alpha value is -2.97. The van der Waals surface area contributed by atoms with Gasteiger partial charge in [-0.25, -0.2) is 9.67 Å². The molecule has 3 aromatic rings. The average molecular weight is 403 g/mol. The number of carbonyl (C=O) groups excluding carboxylic acids is 2. The number of anilines is 1. The number of amides is 1. The van der Waals surface area contributed by atoms with Crippen molar-refractivity contribution in [3.05, 3.63) is 72.1 Å². The van der Waals surface area contributed by atoms with Crippen molar-refractivity contribution in [2.24, 2.45) is 0 Å². The molecular formula is C21H17N5O2S. The summed E-state index contributed by atoms with van der Waals surface area (Å²) in [6.07, 6.45) is 1.46. The Morgan fingerprint density at radius 3 is 2.69 bits per heavy atom. The highest BCUT2D eigenvalue weighted by atomic mass is 32.2. The Kier molecular flexibility index (Phi) is 3.24. The molecule has 0 aliphatic carbocycles. The van der Waals surface area contributed by atoms with Crippen LogP contribution in [0, 0.1) is 0 Å². The number of aromatic nitrogens is 3. The molecule has 0 radical (unpaired) electrons. The Balaban J connectivity index is 1.74. The second kappa shape index (κ2) is 5.55. The highest BCUT2D eigenvalue weighted by Gasteiger charge is 2.77. The highest BCUT2D eigenvalue weighted by Crippen LogP contribution is 2.64. The molecule has 3 aliphatic heterocycles. The molecule has 1 N–H and O–H groups in total. The molecule has 3 aliphatic rings. The lowest BCUT2D eigenvalue weighted by Crippen LogP contribution is -2.62. The van der Waals surface area contributed by atoms with Crippen LogP contribution in [0.5, 0.6) is 0 Å². The average Bonchev–Trinajstić information content (AvgIpc) is 3.43. The molecule has 4 heterocycles. The predicted octanol–water partition coefficient (Wildman–Crippen LogP) is 2.18. The fraction of sp³-hybridized carbons (Fsp3) is 0.238. The minimum atomic E-state index is -1.23. The number of rotatable bonds is 1. The summed E-state index contributed by atoms with van der Waals surface area (Å²) in [5, 5.41) is 7.93. The van der Waals surface area contributed by atoms with Crippen molar-refractivity contribution in [2.45, 2.75) is 22.2 Å². The molecule has 0 saturated carbocycles. The molecule has 2 spiro atoms. The standard InChI is InChI=1S/C21H17N5O2S/c1-25-11-15(13-7-3-2-4-8-13)21(18(28)29-19-22-12-23-26(19)21)20(25)14-9-5-6-10-16(14)24-17(20)27/h2-10,12,15H,11H2,1H3,(H,24,27)/t15-,20-,21-/m0/s1. The fourth-order valence-electron chi connectivity index (χ4n) is 5.50. The van der Waals surface area contributed by atoms with Crippen LogP contribution in [-0.4, -0.2) is 44.3 Å². The van der Waals surface area contributed by atoms with Crippen LogP contribution < -0.4 is 5.32 Å². The molecule has 0 bridgehead atoms. The Morgan fingerprint density at radius 2 is 1.86 bits per heavy atom. The van der Waals surface area contributed by atoms with Crippen LogP contribution in [0.2, 0.25) is 0 Å². The van der Waals surface area contributed by atoms with Crippen LogP contribution in [0.3, 0.4) is 0 Å². The maximum absolute atomic E-state index is 13.8. The van der Waals surface area contributed by atoms with E-state index in [9.17, 15) is 9.59 Å². The summed E-state index contributed by atoms with van der Waals surface area (Å²) >= 11 is 1.08. The Morgan fingerprint density at radius 1 is 1.10 bits per heavy atom. The van der Waals surface area contributed by atoms with Crippen molar-refractivity contribution in [3.8, 4) is 0 Å². The molecule has 6 rings (SSSR count). The monoisotopic (exact) mass is 403 g/mol. The second-order valence-corrected chi connectivity index (χ2v) is 8.60. The predicted molar refractivity (Wildman–Crippen MR) is 107 cm³/mol. The molecule has 1 fully saturated rings. The van der Waals surface area contributed by atoms with E-state index >= 15 is 0 Å². The summed E-state index contributed by atoms with van der Waals surface area (Å²) in [7, 11) is 1.92.